The van der Waals surface area contributed by atoms with Crippen molar-refractivity contribution in [1.29, 1.82) is 0 Å². The molecule has 2 aromatic carbocycles. The second-order valence-electron chi connectivity index (χ2n) is 5.02. The number of rotatable bonds is 4. The Morgan fingerprint density at radius 1 is 1.26 bits per heavy atom. The van der Waals surface area contributed by atoms with Gasteiger partial charge in [0.2, 0.25) is 5.91 Å². The van der Waals surface area contributed by atoms with E-state index in [1.165, 1.54) is 11.8 Å². The fourth-order valence-corrected chi connectivity index (χ4v) is 3.22. The Morgan fingerprint density at radius 2 is 2.09 bits per heavy atom. The van der Waals surface area contributed by atoms with Crippen LogP contribution in [0.2, 0.25) is 10.0 Å². The Kier molecular flexibility index (Phi) is 4.80. The van der Waals surface area contributed by atoms with E-state index in [4.69, 9.17) is 23.2 Å². The number of amides is 1. The number of nitrogens with zero attached hydrogens (tertiary/aromatic N) is 1. The Hall–Kier alpha value is -1.69. The number of hydrogen-bond donors (Lipinski definition) is 2. The van der Waals surface area contributed by atoms with Gasteiger partial charge in [-0.05, 0) is 42.8 Å². The minimum Gasteiger partial charge on any atom is -0.333 e. The smallest absolute Gasteiger partial charge is 0.234 e. The number of aromatic amines is 1. The molecule has 2 N–H and O–H groups in total. The molecule has 23 heavy (non-hydrogen) atoms. The van der Waals surface area contributed by atoms with Crippen LogP contribution < -0.4 is 5.32 Å². The van der Waals surface area contributed by atoms with Gasteiger partial charge in [0, 0.05) is 5.02 Å². The van der Waals surface area contributed by atoms with Crippen molar-refractivity contribution < 1.29 is 4.79 Å². The van der Waals surface area contributed by atoms with Crippen LogP contribution >= 0.6 is 35.0 Å². The maximum Gasteiger partial charge on any atom is 0.234 e. The third kappa shape index (κ3) is 3.99. The molecule has 0 radical (unpaired) electrons. The highest BCUT2D eigenvalue weighted by molar-refractivity contribution is 7.99. The zero-order chi connectivity index (χ0) is 16.4. The average molecular weight is 366 g/mol. The van der Waals surface area contributed by atoms with Crippen LogP contribution in [0, 0.1) is 6.92 Å². The number of carbonyl (C=O) groups is 1. The molecule has 118 valence electrons. The number of fused-ring (bicyclic) bond motifs is 1. The third-order valence-electron chi connectivity index (χ3n) is 3.16. The lowest BCUT2D eigenvalue weighted by Gasteiger charge is -2.06. The molecule has 0 atom stereocenters. The molecule has 0 fully saturated rings. The van der Waals surface area contributed by atoms with E-state index in [0.29, 0.717) is 20.9 Å². The Balaban J connectivity index is 1.63. The minimum atomic E-state index is -0.157. The van der Waals surface area contributed by atoms with Gasteiger partial charge in [0.05, 0.1) is 27.5 Å². The van der Waals surface area contributed by atoms with Crippen molar-refractivity contribution in [1.82, 2.24) is 9.97 Å². The molecule has 0 aliphatic carbocycles. The molecule has 0 aliphatic rings. The molecule has 1 heterocycles. The van der Waals surface area contributed by atoms with Gasteiger partial charge in [0.1, 0.15) is 0 Å². The van der Waals surface area contributed by atoms with Crippen molar-refractivity contribution in [3.63, 3.8) is 0 Å². The fourth-order valence-electron chi connectivity index (χ4n) is 2.08. The van der Waals surface area contributed by atoms with Crippen LogP contribution in [0.4, 0.5) is 5.69 Å². The second-order valence-corrected chi connectivity index (χ2v) is 6.83. The lowest BCUT2D eigenvalue weighted by atomic mass is 10.2. The third-order valence-corrected chi connectivity index (χ3v) is 4.58. The zero-order valence-electron chi connectivity index (χ0n) is 12.2. The number of anilines is 1. The molecule has 3 rings (SSSR count). The van der Waals surface area contributed by atoms with Crippen molar-refractivity contribution in [2.75, 3.05) is 11.1 Å². The quantitative estimate of drug-likeness (QED) is 0.645. The normalized spacial score (nSPS) is 10.9. The van der Waals surface area contributed by atoms with Gasteiger partial charge in [0.15, 0.2) is 5.16 Å². The number of halogens is 2. The largest absolute Gasteiger partial charge is 0.333 e. The van der Waals surface area contributed by atoms with Gasteiger partial charge in [0.25, 0.3) is 0 Å². The van der Waals surface area contributed by atoms with Crippen molar-refractivity contribution in [2.45, 2.75) is 12.1 Å². The van der Waals surface area contributed by atoms with Crippen LogP contribution in [0.3, 0.4) is 0 Å². The lowest BCUT2D eigenvalue weighted by molar-refractivity contribution is -0.113. The van der Waals surface area contributed by atoms with Gasteiger partial charge < -0.3 is 10.3 Å². The first-order chi connectivity index (χ1) is 11.0. The first-order valence-electron chi connectivity index (χ1n) is 6.85. The van der Waals surface area contributed by atoms with Gasteiger partial charge in [-0.25, -0.2) is 4.98 Å². The van der Waals surface area contributed by atoms with Crippen LogP contribution in [0.1, 0.15) is 5.56 Å². The van der Waals surface area contributed by atoms with E-state index in [9.17, 15) is 4.79 Å². The van der Waals surface area contributed by atoms with E-state index >= 15 is 0 Å². The molecule has 0 spiro atoms. The summed E-state index contributed by atoms with van der Waals surface area (Å²) in [6, 6.07) is 10.9. The minimum absolute atomic E-state index is 0.157. The summed E-state index contributed by atoms with van der Waals surface area (Å²) in [5.74, 6) is 0.0773. The van der Waals surface area contributed by atoms with E-state index in [1.54, 1.807) is 18.2 Å². The predicted octanol–water partition coefficient (Wildman–Crippen LogP) is 4.91. The molecule has 3 aromatic rings. The summed E-state index contributed by atoms with van der Waals surface area (Å²) in [5.41, 5.74) is 3.56. The number of imidazole rings is 1. The molecule has 7 heteroatoms. The van der Waals surface area contributed by atoms with Crippen LogP contribution in [0.25, 0.3) is 11.0 Å². The maximum atomic E-state index is 12.0. The highest BCUT2D eigenvalue weighted by atomic mass is 35.5. The van der Waals surface area contributed by atoms with Crippen molar-refractivity contribution in [3.05, 3.63) is 52.0 Å². The Bertz CT molecular complexity index is 879. The molecule has 1 aromatic heterocycles. The number of aromatic nitrogens is 2. The molecular weight excluding hydrogens is 353 g/mol. The lowest BCUT2D eigenvalue weighted by Crippen LogP contribution is -2.14. The summed E-state index contributed by atoms with van der Waals surface area (Å²) in [4.78, 5) is 19.7. The first-order valence-corrected chi connectivity index (χ1v) is 8.59. The van der Waals surface area contributed by atoms with Crippen molar-refractivity contribution >= 4 is 57.6 Å². The maximum absolute atomic E-state index is 12.0. The number of benzene rings is 2. The topological polar surface area (TPSA) is 57.8 Å². The average Bonchev–Trinajstić information content (AvgIpc) is 2.90. The monoisotopic (exact) mass is 365 g/mol. The number of H-pyrrole nitrogens is 1. The summed E-state index contributed by atoms with van der Waals surface area (Å²) in [7, 11) is 0. The number of thioether (sulfide) groups is 1. The summed E-state index contributed by atoms with van der Waals surface area (Å²) in [6.07, 6.45) is 0. The van der Waals surface area contributed by atoms with Crippen LogP contribution in [-0.4, -0.2) is 21.6 Å². The van der Waals surface area contributed by atoms with Gasteiger partial charge in [-0.3, -0.25) is 4.79 Å². The molecule has 0 saturated heterocycles. The van der Waals surface area contributed by atoms with Crippen LogP contribution in [0.5, 0.6) is 0 Å². The van der Waals surface area contributed by atoms with Crippen molar-refractivity contribution in [2.24, 2.45) is 0 Å². The standard InChI is InChI=1S/C16H13Cl2N3OS/c1-9-2-4-13-14(6-9)21-16(20-13)23-8-15(22)19-12-5-3-10(17)7-11(12)18/h2-7H,8H2,1H3,(H,19,22)(H,20,21). The molecular formula is C16H13Cl2N3OS. The first kappa shape index (κ1) is 16.2. The van der Waals surface area contributed by atoms with Gasteiger partial charge in [-0.1, -0.05) is 41.0 Å². The summed E-state index contributed by atoms with van der Waals surface area (Å²) in [5, 5.41) is 4.41. The SMILES string of the molecule is Cc1ccc2nc(SCC(=O)Nc3ccc(Cl)cc3Cl)[nH]c2c1. The highest BCUT2D eigenvalue weighted by Crippen LogP contribution is 2.26. The summed E-state index contributed by atoms with van der Waals surface area (Å²) >= 11 is 13.2. The molecule has 0 saturated carbocycles. The summed E-state index contributed by atoms with van der Waals surface area (Å²) < 4.78 is 0. The van der Waals surface area contributed by atoms with Gasteiger partial charge in [-0.2, -0.15) is 0 Å². The fraction of sp³-hybridized carbons (Fsp3) is 0.125. The van der Waals surface area contributed by atoms with E-state index in [-0.39, 0.29) is 11.7 Å². The van der Waals surface area contributed by atoms with E-state index in [0.717, 1.165) is 16.6 Å². The van der Waals surface area contributed by atoms with Gasteiger partial charge in [-0.15, -0.1) is 0 Å². The number of aryl methyl sites for hydroxylation is 1. The van der Waals surface area contributed by atoms with E-state index in [1.807, 2.05) is 25.1 Å². The van der Waals surface area contributed by atoms with Gasteiger partial charge >= 0.3 is 0 Å². The Labute approximate surface area is 147 Å². The molecule has 1 amide bonds. The second kappa shape index (κ2) is 6.83. The predicted molar refractivity (Wildman–Crippen MR) is 96.6 cm³/mol. The summed E-state index contributed by atoms with van der Waals surface area (Å²) in [6.45, 7) is 2.02. The highest BCUT2D eigenvalue weighted by Gasteiger charge is 2.09. The number of hydrogen-bond acceptors (Lipinski definition) is 3. The van der Waals surface area contributed by atoms with E-state index < -0.39 is 0 Å². The number of carbonyl (C=O) groups excluding carboxylic acids is 1. The number of nitrogens with one attached hydrogen (secondary N) is 2. The molecule has 4 nitrogen and oxygen atoms in total. The molecule has 0 bridgehead atoms. The van der Waals surface area contributed by atoms with Crippen molar-refractivity contribution in [3.8, 4) is 0 Å². The molecule has 0 unspecified atom stereocenters. The zero-order valence-corrected chi connectivity index (χ0v) is 14.5. The van der Waals surface area contributed by atoms with E-state index in [2.05, 4.69) is 15.3 Å². The Morgan fingerprint density at radius 3 is 2.87 bits per heavy atom. The molecule has 0 aliphatic heterocycles. The van der Waals surface area contributed by atoms with Crippen LogP contribution in [0.15, 0.2) is 41.6 Å². The van der Waals surface area contributed by atoms with Crippen LogP contribution in [-0.2, 0) is 4.79 Å².